The van der Waals surface area contributed by atoms with Crippen LogP contribution >= 0.6 is 0 Å². The first kappa shape index (κ1) is 14.8. The molecule has 0 aromatic carbocycles. The minimum Gasteiger partial charge on any atom is -0.391 e. The zero-order valence-corrected chi connectivity index (χ0v) is 13.3. The van der Waals surface area contributed by atoms with E-state index < -0.39 is 6.10 Å². The van der Waals surface area contributed by atoms with Crippen LogP contribution in [0, 0.1) is 12.8 Å². The summed E-state index contributed by atoms with van der Waals surface area (Å²) in [4.78, 5) is 22.7. The summed E-state index contributed by atoms with van der Waals surface area (Å²) in [6.07, 6.45) is 5.19. The van der Waals surface area contributed by atoms with Crippen molar-refractivity contribution in [3.8, 4) is 0 Å². The number of aromatic nitrogens is 5. The first-order valence-electron chi connectivity index (χ1n) is 7.88. The molecule has 0 radical (unpaired) electrons. The van der Waals surface area contributed by atoms with E-state index in [1.807, 2.05) is 13.0 Å². The molecule has 1 aliphatic heterocycles. The van der Waals surface area contributed by atoms with Crippen molar-refractivity contribution in [1.82, 2.24) is 29.5 Å². The fourth-order valence-electron chi connectivity index (χ4n) is 3.16. The molecule has 0 saturated carbocycles. The van der Waals surface area contributed by atoms with Crippen LogP contribution in [0.2, 0.25) is 0 Å². The highest BCUT2D eigenvalue weighted by atomic mass is 16.3. The summed E-state index contributed by atoms with van der Waals surface area (Å²) in [5.74, 6) is 0.288. The number of hydrogen-bond donors (Lipinski definition) is 2. The largest absolute Gasteiger partial charge is 0.391 e. The van der Waals surface area contributed by atoms with Crippen molar-refractivity contribution in [3.63, 3.8) is 0 Å². The van der Waals surface area contributed by atoms with Gasteiger partial charge in [0.15, 0.2) is 0 Å². The third-order valence-electron chi connectivity index (χ3n) is 4.38. The number of aromatic amines is 1. The summed E-state index contributed by atoms with van der Waals surface area (Å²) in [7, 11) is 0. The first-order chi connectivity index (χ1) is 11.6. The Morgan fingerprint density at radius 3 is 3.08 bits per heavy atom. The van der Waals surface area contributed by atoms with Gasteiger partial charge in [0.25, 0.3) is 5.91 Å². The Morgan fingerprint density at radius 1 is 1.46 bits per heavy atom. The molecule has 8 heteroatoms. The maximum absolute atomic E-state index is 12.7. The molecular formula is C16H18N6O2. The molecule has 8 nitrogen and oxygen atoms in total. The Kier molecular flexibility index (Phi) is 3.53. The topological polar surface area (TPSA) is 99.4 Å². The number of hydrogen-bond acceptors (Lipinski definition) is 5. The van der Waals surface area contributed by atoms with E-state index in [0.29, 0.717) is 31.0 Å². The number of likely N-dealkylation sites (tertiary alicyclic amines) is 1. The van der Waals surface area contributed by atoms with Gasteiger partial charge in [-0.25, -0.2) is 9.97 Å². The summed E-state index contributed by atoms with van der Waals surface area (Å²) in [5.41, 5.74) is 2.24. The van der Waals surface area contributed by atoms with Gasteiger partial charge in [-0.15, -0.1) is 0 Å². The zero-order chi connectivity index (χ0) is 16.7. The molecule has 3 aromatic rings. The molecule has 4 rings (SSSR count). The molecule has 1 saturated heterocycles. The predicted octanol–water partition coefficient (Wildman–Crippen LogP) is 0.436. The Labute approximate surface area is 138 Å². The van der Waals surface area contributed by atoms with Crippen LogP contribution in [0.15, 0.2) is 30.7 Å². The zero-order valence-electron chi connectivity index (χ0n) is 13.3. The summed E-state index contributed by atoms with van der Waals surface area (Å²) in [6, 6.07) is 3.75. The molecule has 1 fully saturated rings. The van der Waals surface area contributed by atoms with Gasteiger partial charge >= 0.3 is 0 Å². The summed E-state index contributed by atoms with van der Waals surface area (Å²) >= 11 is 0. The van der Waals surface area contributed by atoms with Crippen LogP contribution in [-0.4, -0.2) is 59.7 Å². The number of imidazole rings is 1. The van der Waals surface area contributed by atoms with Crippen LogP contribution in [0.1, 0.15) is 21.9 Å². The highest BCUT2D eigenvalue weighted by molar-refractivity contribution is 5.93. The van der Waals surface area contributed by atoms with Crippen molar-refractivity contribution in [3.05, 3.63) is 47.8 Å². The van der Waals surface area contributed by atoms with Crippen LogP contribution in [0.3, 0.4) is 0 Å². The van der Waals surface area contributed by atoms with Crippen molar-refractivity contribution in [2.75, 3.05) is 13.1 Å². The van der Waals surface area contributed by atoms with Crippen molar-refractivity contribution in [2.24, 2.45) is 5.92 Å². The van der Waals surface area contributed by atoms with Crippen LogP contribution in [0.4, 0.5) is 0 Å². The number of aliphatic hydroxyl groups excluding tert-OH is 1. The van der Waals surface area contributed by atoms with Gasteiger partial charge in [0, 0.05) is 43.3 Å². The summed E-state index contributed by atoms with van der Waals surface area (Å²) in [6.45, 7) is 2.75. The highest BCUT2D eigenvalue weighted by Crippen LogP contribution is 2.22. The van der Waals surface area contributed by atoms with Crippen molar-refractivity contribution in [1.29, 1.82) is 0 Å². The van der Waals surface area contributed by atoms with E-state index in [1.165, 1.54) is 0 Å². The molecule has 2 N–H and O–H groups in total. The Balaban J connectivity index is 1.49. The van der Waals surface area contributed by atoms with E-state index in [1.54, 1.807) is 34.0 Å². The number of carbonyl (C=O) groups excluding carboxylic acids is 1. The number of carbonyl (C=O) groups is 1. The van der Waals surface area contributed by atoms with E-state index in [4.69, 9.17) is 0 Å². The molecule has 0 aliphatic carbocycles. The number of nitrogens with one attached hydrogen (secondary N) is 1. The number of fused-ring (bicyclic) bond motifs is 1. The quantitative estimate of drug-likeness (QED) is 0.727. The van der Waals surface area contributed by atoms with Gasteiger partial charge in [0.2, 0.25) is 5.78 Å². The predicted molar refractivity (Wildman–Crippen MR) is 85.4 cm³/mol. The number of rotatable bonds is 3. The Bertz CT molecular complexity index is 852. The second-order valence-corrected chi connectivity index (χ2v) is 6.24. The van der Waals surface area contributed by atoms with Gasteiger partial charge < -0.3 is 10.0 Å². The number of aryl methyl sites for hydroxylation is 1. The lowest BCUT2D eigenvalue weighted by molar-refractivity contribution is 0.0759. The van der Waals surface area contributed by atoms with E-state index in [9.17, 15) is 9.90 Å². The third kappa shape index (κ3) is 2.65. The Hall–Kier alpha value is -2.74. The molecule has 3 aromatic heterocycles. The van der Waals surface area contributed by atoms with E-state index >= 15 is 0 Å². The fraction of sp³-hybridized carbons (Fsp3) is 0.375. The average Bonchev–Trinajstić information content (AvgIpc) is 3.26. The molecule has 4 heterocycles. The smallest absolute Gasteiger partial charge is 0.274 e. The van der Waals surface area contributed by atoms with Gasteiger partial charge in [-0.3, -0.25) is 14.3 Å². The second-order valence-electron chi connectivity index (χ2n) is 6.24. The van der Waals surface area contributed by atoms with E-state index in [2.05, 4.69) is 20.2 Å². The standard InChI is InChI=1S/C16H18N6O2/c1-10-5-12(20-19-10)6-11-7-22(9-14(11)23)15(24)13-8-21-4-2-3-17-16(21)18-13/h2-5,8,11,14,23H,6-7,9H2,1H3,(H,19,20)/t11-,14-/m1/s1. The summed E-state index contributed by atoms with van der Waals surface area (Å²) < 4.78 is 1.71. The normalized spacial score (nSPS) is 20.8. The lowest BCUT2D eigenvalue weighted by atomic mass is 10.0. The van der Waals surface area contributed by atoms with Crippen LogP contribution < -0.4 is 0 Å². The van der Waals surface area contributed by atoms with Crippen molar-refractivity contribution >= 4 is 11.7 Å². The lowest BCUT2D eigenvalue weighted by Gasteiger charge is -2.14. The molecule has 1 aliphatic rings. The number of nitrogens with zero attached hydrogens (tertiary/aromatic N) is 5. The number of β-amino-alcohol motifs (C(OH)–C–C–N with tert-alkyl or cyclic N) is 1. The van der Waals surface area contributed by atoms with Gasteiger partial charge in [-0.2, -0.15) is 5.10 Å². The van der Waals surface area contributed by atoms with Gasteiger partial charge in [0.05, 0.1) is 11.8 Å². The SMILES string of the molecule is Cc1cc(C[C@@H]2CN(C(=O)c3cn4cccnc4n3)C[C@H]2O)n[nH]1. The monoisotopic (exact) mass is 326 g/mol. The first-order valence-corrected chi connectivity index (χ1v) is 7.88. The molecule has 1 amide bonds. The molecule has 24 heavy (non-hydrogen) atoms. The van der Waals surface area contributed by atoms with Crippen molar-refractivity contribution < 1.29 is 9.90 Å². The summed E-state index contributed by atoms with van der Waals surface area (Å²) in [5, 5.41) is 17.4. The minimum absolute atomic E-state index is 0.0215. The maximum atomic E-state index is 12.7. The minimum atomic E-state index is -0.555. The van der Waals surface area contributed by atoms with Crippen molar-refractivity contribution in [2.45, 2.75) is 19.4 Å². The third-order valence-corrected chi connectivity index (χ3v) is 4.38. The lowest BCUT2D eigenvalue weighted by Crippen LogP contribution is -2.29. The van der Waals surface area contributed by atoms with Crippen LogP contribution in [0.5, 0.6) is 0 Å². The van der Waals surface area contributed by atoms with Gasteiger partial charge in [0.1, 0.15) is 5.69 Å². The molecule has 0 bridgehead atoms. The van der Waals surface area contributed by atoms with Crippen LogP contribution in [0.25, 0.3) is 5.78 Å². The van der Waals surface area contributed by atoms with E-state index in [0.717, 1.165) is 11.4 Å². The fourth-order valence-corrected chi connectivity index (χ4v) is 3.16. The maximum Gasteiger partial charge on any atom is 0.274 e. The van der Waals surface area contributed by atoms with Gasteiger partial charge in [-0.1, -0.05) is 0 Å². The molecule has 0 spiro atoms. The molecule has 124 valence electrons. The highest BCUT2D eigenvalue weighted by Gasteiger charge is 2.35. The number of H-pyrrole nitrogens is 1. The number of aliphatic hydroxyl groups is 1. The van der Waals surface area contributed by atoms with E-state index in [-0.39, 0.29) is 11.8 Å². The van der Waals surface area contributed by atoms with Crippen LogP contribution in [-0.2, 0) is 6.42 Å². The second kappa shape index (κ2) is 5.72. The molecule has 0 unspecified atom stereocenters. The molecule has 2 atom stereocenters. The Morgan fingerprint density at radius 2 is 2.33 bits per heavy atom. The number of amides is 1. The average molecular weight is 326 g/mol. The molecular weight excluding hydrogens is 308 g/mol. The van der Waals surface area contributed by atoms with Gasteiger partial charge in [-0.05, 0) is 25.5 Å².